The minimum Gasteiger partial charge on any atom is -0.379 e. The molecule has 0 aromatic carbocycles. The van der Waals surface area contributed by atoms with Gasteiger partial charge in [0.15, 0.2) is 0 Å². The molecule has 2 nitrogen and oxygen atoms in total. The molecule has 1 aliphatic rings. The molecule has 1 saturated carbocycles. The van der Waals surface area contributed by atoms with Gasteiger partial charge >= 0.3 is 0 Å². The maximum absolute atomic E-state index is 5.48. The first-order valence-electron chi connectivity index (χ1n) is 4.90. The Morgan fingerprint density at radius 3 is 2.42 bits per heavy atom. The molecule has 0 amide bonds. The Labute approximate surface area is 75.7 Å². The molecule has 0 saturated heterocycles. The zero-order chi connectivity index (χ0) is 9.03. The number of hydrogen-bond donors (Lipinski definition) is 1. The van der Waals surface area contributed by atoms with Crippen LogP contribution in [0.3, 0.4) is 0 Å². The molecule has 72 valence electrons. The van der Waals surface area contributed by atoms with E-state index in [1.807, 2.05) is 14.2 Å². The first kappa shape index (κ1) is 10.0. The summed E-state index contributed by atoms with van der Waals surface area (Å²) in [6.45, 7) is 3.39. The van der Waals surface area contributed by atoms with Crippen molar-refractivity contribution < 1.29 is 4.74 Å². The fourth-order valence-electron chi connectivity index (χ4n) is 1.99. The smallest absolute Gasteiger partial charge is 0.0651 e. The van der Waals surface area contributed by atoms with E-state index in [4.69, 9.17) is 4.74 Å². The molecule has 0 atom stereocenters. The molecular formula is C10H21NO. The van der Waals surface area contributed by atoms with E-state index in [1.54, 1.807) is 0 Å². The Bertz CT molecular complexity index is 128. The van der Waals surface area contributed by atoms with Crippen molar-refractivity contribution in [3.63, 3.8) is 0 Å². The molecule has 0 spiro atoms. The highest BCUT2D eigenvalue weighted by atomic mass is 16.5. The Hall–Kier alpha value is -0.0800. The molecule has 0 radical (unpaired) electrons. The second kappa shape index (κ2) is 4.24. The van der Waals surface area contributed by atoms with Gasteiger partial charge in [-0.3, -0.25) is 0 Å². The third-order valence-electron chi connectivity index (χ3n) is 3.15. The summed E-state index contributed by atoms with van der Waals surface area (Å²) >= 11 is 0. The number of ether oxygens (including phenoxy) is 1. The standard InChI is InChI=1S/C10H21NO/c1-10(12-3)6-4-9(5-7-10)8-11-2/h9,11H,4-8H2,1-3H3/t9-,10-. The number of hydrogen-bond acceptors (Lipinski definition) is 2. The first-order valence-corrected chi connectivity index (χ1v) is 4.90. The minimum atomic E-state index is 0.171. The molecule has 1 fully saturated rings. The summed E-state index contributed by atoms with van der Waals surface area (Å²) in [6, 6.07) is 0. The molecule has 1 rings (SSSR count). The van der Waals surface area contributed by atoms with E-state index in [9.17, 15) is 0 Å². The van der Waals surface area contributed by atoms with E-state index >= 15 is 0 Å². The van der Waals surface area contributed by atoms with Crippen molar-refractivity contribution in [2.45, 2.75) is 38.2 Å². The maximum Gasteiger partial charge on any atom is 0.0651 e. The van der Waals surface area contributed by atoms with E-state index in [2.05, 4.69) is 12.2 Å². The molecule has 1 N–H and O–H groups in total. The second-order valence-corrected chi connectivity index (χ2v) is 4.16. The van der Waals surface area contributed by atoms with E-state index in [1.165, 1.54) is 32.2 Å². The molecule has 0 aliphatic heterocycles. The Morgan fingerprint density at radius 1 is 1.42 bits per heavy atom. The molecule has 1 aliphatic carbocycles. The number of nitrogens with one attached hydrogen (secondary N) is 1. The van der Waals surface area contributed by atoms with Gasteiger partial charge in [-0.05, 0) is 52.1 Å². The van der Waals surface area contributed by atoms with Crippen LogP contribution >= 0.6 is 0 Å². The maximum atomic E-state index is 5.48. The predicted molar refractivity (Wildman–Crippen MR) is 51.3 cm³/mol. The van der Waals surface area contributed by atoms with Crippen LogP contribution in [0.2, 0.25) is 0 Å². The summed E-state index contributed by atoms with van der Waals surface area (Å²) in [4.78, 5) is 0. The van der Waals surface area contributed by atoms with Crippen LogP contribution in [-0.4, -0.2) is 26.3 Å². The first-order chi connectivity index (χ1) is 5.70. The lowest BCUT2D eigenvalue weighted by Crippen LogP contribution is -2.35. The van der Waals surface area contributed by atoms with Crippen molar-refractivity contribution >= 4 is 0 Å². The molecule has 12 heavy (non-hydrogen) atoms. The van der Waals surface area contributed by atoms with E-state index in [0.717, 1.165) is 5.92 Å². The van der Waals surface area contributed by atoms with Crippen molar-refractivity contribution in [2.75, 3.05) is 20.7 Å². The summed E-state index contributed by atoms with van der Waals surface area (Å²) < 4.78 is 5.48. The summed E-state index contributed by atoms with van der Waals surface area (Å²) in [5.74, 6) is 0.873. The van der Waals surface area contributed by atoms with Gasteiger partial charge in [0, 0.05) is 7.11 Å². The third-order valence-corrected chi connectivity index (χ3v) is 3.15. The van der Waals surface area contributed by atoms with Gasteiger partial charge in [-0.25, -0.2) is 0 Å². The van der Waals surface area contributed by atoms with E-state index < -0.39 is 0 Å². The van der Waals surface area contributed by atoms with Crippen LogP contribution in [0.1, 0.15) is 32.6 Å². The van der Waals surface area contributed by atoms with Crippen molar-refractivity contribution in [3.05, 3.63) is 0 Å². The van der Waals surface area contributed by atoms with Gasteiger partial charge in [-0.15, -0.1) is 0 Å². The zero-order valence-electron chi connectivity index (χ0n) is 8.52. The predicted octanol–water partition coefficient (Wildman–Crippen LogP) is 1.80. The highest BCUT2D eigenvalue weighted by Gasteiger charge is 2.30. The average Bonchev–Trinajstić information content (AvgIpc) is 2.10. The van der Waals surface area contributed by atoms with Crippen molar-refractivity contribution in [1.82, 2.24) is 5.32 Å². The van der Waals surface area contributed by atoms with Gasteiger partial charge in [-0.1, -0.05) is 0 Å². The topological polar surface area (TPSA) is 21.3 Å². The van der Waals surface area contributed by atoms with E-state index in [-0.39, 0.29) is 5.60 Å². The fraction of sp³-hybridized carbons (Fsp3) is 1.00. The SMILES string of the molecule is CNC[C@H]1CC[C@](C)(OC)CC1. The van der Waals surface area contributed by atoms with Gasteiger partial charge in [-0.2, -0.15) is 0 Å². The highest BCUT2D eigenvalue weighted by molar-refractivity contribution is 4.83. The highest BCUT2D eigenvalue weighted by Crippen LogP contribution is 2.33. The largest absolute Gasteiger partial charge is 0.379 e. The summed E-state index contributed by atoms with van der Waals surface area (Å²) in [7, 11) is 3.86. The van der Waals surface area contributed by atoms with Crippen LogP contribution < -0.4 is 5.32 Å². The van der Waals surface area contributed by atoms with Crippen molar-refractivity contribution in [2.24, 2.45) is 5.92 Å². The third kappa shape index (κ3) is 2.46. The lowest BCUT2D eigenvalue weighted by atomic mass is 9.80. The quantitative estimate of drug-likeness (QED) is 0.699. The van der Waals surface area contributed by atoms with Crippen LogP contribution in [0.5, 0.6) is 0 Å². The van der Waals surface area contributed by atoms with E-state index in [0.29, 0.717) is 0 Å². The molecule has 0 aromatic rings. The zero-order valence-corrected chi connectivity index (χ0v) is 8.52. The Kier molecular flexibility index (Phi) is 3.53. The normalized spacial score (nSPS) is 36.8. The molecule has 0 unspecified atom stereocenters. The average molecular weight is 171 g/mol. The lowest BCUT2D eigenvalue weighted by molar-refractivity contribution is -0.0334. The molecule has 0 aromatic heterocycles. The van der Waals surface area contributed by atoms with Crippen LogP contribution in [0, 0.1) is 5.92 Å². The Morgan fingerprint density at radius 2 is 2.00 bits per heavy atom. The fourth-order valence-corrected chi connectivity index (χ4v) is 1.99. The van der Waals surface area contributed by atoms with Crippen molar-refractivity contribution in [1.29, 1.82) is 0 Å². The van der Waals surface area contributed by atoms with Gasteiger partial charge < -0.3 is 10.1 Å². The summed E-state index contributed by atoms with van der Waals surface area (Å²) in [5.41, 5.74) is 0.171. The number of methoxy groups -OCH3 is 1. The Balaban J connectivity index is 2.29. The molecule has 0 bridgehead atoms. The van der Waals surface area contributed by atoms with Gasteiger partial charge in [0.25, 0.3) is 0 Å². The molecular weight excluding hydrogens is 150 g/mol. The monoisotopic (exact) mass is 171 g/mol. The number of rotatable bonds is 3. The van der Waals surface area contributed by atoms with Crippen LogP contribution in [-0.2, 0) is 4.74 Å². The second-order valence-electron chi connectivity index (χ2n) is 4.16. The van der Waals surface area contributed by atoms with Gasteiger partial charge in [0.2, 0.25) is 0 Å². The van der Waals surface area contributed by atoms with Crippen LogP contribution in [0.15, 0.2) is 0 Å². The van der Waals surface area contributed by atoms with Crippen LogP contribution in [0.4, 0.5) is 0 Å². The molecule has 2 heteroatoms. The minimum absolute atomic E-state index is 0.171. The van der Waals surface area contributed by atoms with Gasteiger partial charge in [0.1, 0.15) is 0 Å². The summed E-state index contributed by atoms with van der Waals surface area (Å²) in [6.07, 6.45) is 5.06. The van der Waals surface area contributed by atoms with Crippen molar-refractivity contribution in [3.8, 4) is 0 Å². The molecule has 0 heterocycles. The van der Waals surface area contributed by atoms with Crippen LogP contribution in [0.25, 0.3) is 0 Å². The van der Waals surface area contributed by atoms with Gasteiger partial charge in [0.05, 0.1) is 5.60 Å². The lowest BCUT2D eigenvalue weighted by Gasteiger charge is -2.36. The summed E-state index contributed by atoms with van der Waals surface area (Å²) in [5, 5.41) is 3.24.